The smallest absolute Gasteiger partial charge is 0.226 e. The van der Waals surface area contributed by atoms with Crippen LogP contribution in [0.2, 0.25) is 0 Å². The molecule has 168 valence electrons. The first kappa shape index (κ1) is 22.4. The van der Waals surface area contributed by atoms with E-state index in [0.29, 0.717) is 6.42 Å². The minimum absolute atomic E-state index is 0. The number of anilines is 2. The third-order valence-corrected chi connectivity index (χ3v) is 6.35. The number of halogens is 1. The van der Waals surface area contributed by atoms with Gasteiger partial charge in [-0.3, -0.25) is 4.79 Å². The summed E-state index contributed by atoms with van der Waals surface area (Å²) in [5, 5.41) is 7.07. The molecule has 5 rings (SSSR count). The molecule has 0 saturated carbocycles. The lowest BCUT2D eigenvalue weighted by atomic mass is 9.91. The fourth-order valence-corrected chi connectivity index (χ4v) is 4.77. The average Bonchev–Trinajstić information content (AvgIpc) is 3.23. The van der Waals surface area contributed by atoms with Crippen LogP contribution in [0.3, 0.4) is 0 Å². The molecule has 2 aromatic carbocycles. The Morgan fingerprint density at radius 1 is 1.19 bits per heavy atom. The van der Waals surface area contributed by atoms with Crippen LogP contribution in [0, 0.1) is 0 Å². The molecule has 0 bridgehead atoms. The fraction of sp³-hybridized carbons (Fsp3) is 0.360. The van der Waals surface area contributed by atoms with Gasteiger partial charge in [0.1, 0.15) is 5.82 Å². The lowest BCUT2D eigenvalue weighted by Gasteiger charge is -2.40. The highest BCUT2D eigenvalue weighted by Crippen LogP contribution is 2.39. The van der Waals surface area contributed by atoms with Crippen molar-refractivity contribution in [2.24, 2.45) is 0 Å². The van der Waals surface area contributed by atoms with Crippen molar-refractivity contribution in [3.05, 3.63) is 66.1 Å². The SMILES string of the molecule is CCC(=O)N1c2ccccc2[C@H](Nc2ccc(-c3cn4c(n3)CNCC4)cc2)C[C@@H]1C.Cl. The molecule has 32 heavy (non-hydrogen) atoms. The molecular weight excluding hydrogens is 422 g/mol. The number of benzene rings is 2. The van der Waals surface area contributed by atoms with E-state index in [1.807, 2.05) is 17.9 Å². The first-order chi connectivity index (χ1) is 15.1. The molecule has 0 aliphatic carbocycles. The summed E-state index contributed by atoms with van der Waals surface area (Å²) in [4.78, 5) is 19.3. The Hall–Kier alpha value is -2.83. The van der Waals surface area contributed by atoms with Gasteiger partial charge in [0.2, 0.25) is 5.91 Å². The molecule has 0 unspecified atom stereocenters. The molecule has 0 saturated heterocycles. The third-order valence-electron chi connectivity index (χ3n) is 6.35. The van der Waals surface area contributed by atoms with E-state index in [0.717, 1.165) is 54.5 Å². The number of carbonyl (C=O) groups is 1. The highest BCUT2D eigenvalue weighted by molar-refractivity contribution is 5.95. The minimum Gasteiger partial charge on any atom is -0.378 e. The third kappa shape index (κ3) is 4.12. The van der Waals surface area contributed by atoms with E-state index >= 15 is 0 Å². The highest BCUT2D eigenvalue weighted by Gasteiger charge is 2.32. The number of hydrogen-bond acceptors (Lipinski definition) is 4. The topological polar surface area (TPSA) is 62.2 Å². The molecule has 2 N–H and O–H groups in total. The van der Waals surface area contributed by atoms with Crippen molar-refractivity contribution in [3.63, 3.8) is 0 Å². The van der Waals surface area contributed by atoms with Gasteiger partial charge < -0.3 is 20.1 Å². The van der Waals surface area contributed by atoms with Crippen molar-refractivity contribution in [1.29, 1.82) is 0 Å². The van der Waals surface area contributed by atoms with Gasteiger partial charge in [-0.25, -0.2) is 4.98 Å². The quantitative estimate of drug-likeness (QED) is 0.600. The number of imidazole rings is 1. The van der Waals surface area contributed by atoms with Gasteiger partial charge >= 0.3 is 0 Å². The number of hydrogen-bond donors (Lipinski definition) is 2. The molecule has 3 heterocycles. The Labute approximate surface area is 195 Å². The summed E-state index contributed by atoms with van der Waals surface area (Å²) in [6.07, 6.45) is 3.55. The van der Waals surface area contributed by atoms with E-state index < -0.39 is 0 Å². The molecule has 2 aliphatic rings. The van der Waals surface area contributed by atoms with Crippen LogP contribution < -0.4 is 15.5 Å². The first-order valence-electron chi connectivity index (χ1n) is 11.2. The summed E-state index contributed by atoms with van der Waals surface area (Å²) in [5.41, 5.74) is 5.44. The largest absolute Gasteiger partial charge is 0.378 e. The molecule has 0 radical (unpaired) electrons. The maximum absolute atomic E-state index is 12.5. The summed E-state index contributed by atoms with van der Waals surface area (Å²) in [6.45, 7) is 6.86. The number of fused-ring (bicyclic) bond motifs is 2. The van der Waals surface area contributed by atoms with E-state index in [1.54, 1.807) is 0 Å². The molecular formula is C25H30ClN5O. The molecule has 6 nitrogen and oxygen atoms in total. The van der Waals surface area contributed by atoms with Crippen LogP contribution in [-0.2, 0) is 17.9 Å². The van der Waals surface area contributed by atoms with Crippen LogP contribution in [0.5, 0.6) is 0 Å². The summed E-state index contributed by atoms with van der Waals surface area (Å²) in [7, 11) is 0. The van der Waals surface area contributed by atoms with Gasteiger partial charge in [-0.15, -0.1) is 12.4 Å². The minimum atomic E-state index is 0. The fourth-order valence-electron chi connectivity index (χ4n) is 4.77. The van der Waals surface area contributed by atoms with Crippen molar-refractivity contribution >= 4 is 29.7 Å². The molecule has 7 heteroatoms. The number of carbonyl (C=O) groups excluding carboxylic acids is 1. The predicted octanol–water partition coefficient (Wildman–Crippen LogP) is 4.76. The summed E-state index contributed by atoms with van der Waals surface area (Å²) in [6, 6.07) is 17.1. The molecule has 2 aliphatic heterocycles. The molecule has 0 fully saturated rings. The number of rotatable bonds is 4. The summed E-state index contributed by atoms with van der Waals surface area (Å²) >= 11 is 0. The molecule has 1 aromatic heterocycles. The second-order valence-corrected chi connectivity index (χ2v) is 8.45. The number of aromatic nitrogens is 2. The van der Waals surface area contributed by atoms with E-state index in [1.165, 1.54) is 5.56 Å². The van der Waals surface area contributed by atoms with Crippen LogP contribution >= 0.6 is 12.4 Å². The van der Waals surface area contributed by atoms with Crippen LogP contribution in [-0.4, -0.2) is 28.0 Å². The number of amides is 1. The van der Waals surface area contributed by atoms with Gasteiger partial charge in [-0.2, -0.15) is 0 Å². The number of nitrogens with one attached hydrogen (secondary N) is 2. The van der Waals surface area contributed by atoms with Crippen LogP contribution in [0.25, 0.3) is 11.3 Å². The van der Waals surface area contributed by atoms with Gasteiger partial charge in [-0.1, -0.05) is 37.3 Å². The van der Waals surface area contributed by atoms with Crippen molar-refractivity contribution in [2.75, 3.05) is 16.8 Å². The Kier molecular flexibility index (Phi) is 6.53. The highest BCUT2D eigenvalue weighted by atomic mass is 35.5. The molecule has 1 amide bonds. The Morgan fingerprint density at radius 2 is 1.97 bits per heavy atom. The lowest BCUT2D eigenvalue weighted by Crippen LogP contribution is -2.44. The Bertz CT molecular complexity index is 1070. The van der Waals surface area contributed by atoms with Crippen molar-refractivity contribution in [2.45, 2.75) is 51.9 Å². The second kappa shape index (κ2) is 9.35. The van der Waals surface area contributed by atoms with Crippen molar-refractivity contribution in [1.82, 2.24) is 14.9 Å². The maximum Gasteiger partial charge on any atom is 0.226 e. The first-order valence-corrected chi connectivity index (χ1v) is 11.2. The van der Waals surface area contributed by atoms with Crippen LogP contribution in [0.1, 0.15) is 44.1 Å². The molecule has 0 spiro atoms. The van der Waals surface area contributed by atoms with E-state index in [-0.39, 0.29) is 30.4 Å². The lowest BCUT2D eigenvalue weighted by molar-refractivity contribution is -0.118. The normalized spacial score (nSPS) is 19.5. The summed E-state index contributed by atoms with van der Waals surface area (Å²) < 4.78 is 2.24. The van der Waals surface area contributed by atoms with Gasteiger partial charge in [0, 0.05) is 48.7 Å². The van der Waals surface area contributed by atoms with Crippen molar-refractivity contribution in [3.8, 4) is 11.3 Å². The maximum atomic E-state index is 12.5. The van der Waals surface area contributed by atoms with Gasteiger partial charge in [0.15, 0.2) is 0 Å². The van der Waals surface area contributed by atoms with Crippen LogP contribution in [0.4, 0.5) is 11.4 Å². The molecule has 2 atom stereocenters. The summed E-state index contributed by atoms with van der Waals surface area (Å²) in [5.74, 6) is 1.28. The molecule has 3 aromatic rings. The average molecular weight is 452 g/mol. The standard InChI is InChI=1S/C25H29N5O.ClH/c1-3-25(31)30-17(2)14-21(20-6-4-5-7-23(20)30)27-19-10-8-18(9-11-19)22-16-29-13-12-26-15-24(29)28-22;/h4-11,16-17,21,26-27H,3,12-15H2,1-2H3;1H/t17-,21+;/m0./s1. The van der Waals surface area contributed by atoms with Gasteiger partial charge in [0.05, 0.1) is 18.3 Å². The Balaban J connectivity index is 0.00000245. The number of nitrogens with zero attached hydrogens (tertiary/aromatic N) is 3. The second-order valence-electron chi connectivity index (χ2n) is 8.45. The van der Waals surface area contributed by atoms with E-state index in [9.17, 15) is 4.79 Å². The zero-order chi connectivity index (χ0) is 21.4. The zero-order valence-electron chi connectivity index (χ0n) is 18.5. The van der Waals surface area contributed by atoms with Crippen molar-refractivity contribution < 1.29 is 4.79 Å². The van der Waals surface area contributed by atoms with Crippen LogP contribution in [0.15, 0.2) is 54.7 Å². The monoisotopic (exact) mass is 451 g/mol. The van der Waals surface area contributed by atoms with E-state index in [4.69, 9.17) is 4.98 Å². The predicted molar refractivity (Wildman–Crippen MR) is 131 cm³/mol. The zero-order valence-corrected chi connectivity index (χ0v) is 19.4. The Morgan fingerprint density at radius 3 is 2.72 bits per heavy atom. The van der Waals surface area contributed by atoms with Gasteiger partial charge in [-0.05, 0) is 37.1 Å². The number of para-hydroxylation sites is 1. The van der Waals surface area contributed by atoms with E-state index in [2.05, 4.69) is 70.8 Å². The van der Waals surface area contributed by atoms with Gasteiger partial charge in [0.25, 0.3) is 0 Å².